The van der Waals surface area contributed by atoms with Gasteiger partial charge in [0.05, 0.1) is 0 Å². The van der Waals surface area contributed by atoms with Crippen molar-refractivity contribution in [2.75, 3.05) is 0 Å². The van der Waals surface area contributed by atoms with Crippen LogP contribution in [0.25, 0.3) is 0 Å². The quantitative estimate of drug-likeness (QED) is 0.477. The Morgan fingerprint density at radius 2 is 2.00 bits per heavy atom. The molecular weight excluding hydrogens is 144 g/mol. The van der Waals surface area contributed by atoms with Crippen molar-refractivity contribution < 1.29 is 0 Å². The lowest BCUT2D eigenvalue weighted by atomic mass is 9.78. The molecule has 0 radical (unpaired) electrons. The molecule has 0 aromatic carbocycles. The van der Waals surface area contributed by atoms with E-state index >= 15 is 0 Å². The van der Waals surface area contributed by atoms with Crippen LogP contribution < -0.4 is 0 Å². The van der Waals surface area contributed by atoms with Gasteiger partial charge in [0, 0.05) is 0 Å². The van der Waals surface area contributed by atoms with Crippen molar-refractivity contribution in [3.8, 4) is 0 Å². The van der Waals surface area contributed by atoms with Crippen LogP contribution in [0.2, 0.25) is 0 Å². The molecule has 0 N–H and O–H groups in total. The van der Waals surface area contributed by atoms with Gasteiger partial charge < -0.3 is 0 Å². The minimum Gasteiger partial charge on any atom is -0.0995 e. The average molecular weight is 160 g/mol. The molecule has 0 aliphatic heterocycles. The molecule has 3 aliphatic carbocycles. The molecule has 4 unspecified atom stereocenters. The molecule has 4 atom stereocenters. The van der Waals surface area contributed by atoms with Gasteiger partial charge in [0.1, 0.15) is 0 Å². The number of allylic oxidation sites excluding steroid dienone is 2. The van der Waals surface area contributed by atoms with E-state index in [0.29, 0.717) is 0 Å². The number of rotatable bonds is 0. The molecule has 0 heteroatoms. The van der Waals surface area contributed by atoms with Crippen molar-refractivity contribution in [2.45, 2.75) is 25.7 Å². The first-order valence-electron chi connectivity index (χ1n) is 5.12. The highest BCUT2D eigenvalue weighted by molar-refractivity contribution is 5.27. The molecule has 64 valence electrons. The predicted octanol–water partition coefficient (Wildman–Crippen LogP) is 3.16. The Labute approximate surface area is 74.4 Å². The van der Waals surface area contributed by atoms with E-state index in [1.807, 2.05) is 0 Å². The van der Waals surface area contributed by atoms with E-state index in [1.54, 1.807) is 0 Å². The van der Waals surface area contributed by atoms with E-state index in [1.165, 1.54) is 36.8 Å². The van der Waals surface area contributed by atoms with Gasteiger partial charge in [-0.25, -0.2) is 0 Å². The third kappa shape index (κ3) is 0.646. The molecule has 12 heavy (non-hydrogen) atoms. The maximum Gasteiger partial charge on any atom is -0.0109 e. The molecular formula is C12H16. The van der Waals surface area contributed by atoms with Crippen molar-refractivity contribution in [3.63, 3.8) is 0 Å². The Hall–Kier alpha value is -0.520. The van der Waals surface area contributed by atoms with Crippen LogP contribution in [0.1, 0.15) is 25.7 Å². The number of fused-ring (bicyclic) bond motifs is 5. The summed E-state index contributed by atoms with van der Waals surface area (Å²) >= 11 is 0. The smallest absolute Gasteiger partial charge is 0.0109 e. The zero-order chi connectivity index (χ0) is 8.29. The van der Waals surface area contributed by atoms with Crippen molar-refractivity contribution in [2.24, 2.45) is 23.7 Å². The summed E-state index contributed by atoms with van der Waals surface area (Å²) in [6.07, 6.45) is 5.50. The van der Waals surface area contributed by atoms with Gasteiger partial charge in [-0.3, -0.25) is 0 Å². The van der Waals surface area contributed by atoms with E-state index in [-0.39, 0.29) is 0 Å². The summed E-state index contributed by atoms with van der Waals surface area (Å²) in [7, 11) is 0. The van der Waals surface area contributed by atoms with Gasteiger partial charge in [0.15, 0.2) is 0 Å². The van der Waals surface area contributed by atoms with Gasteiger partial charge in [-0.15, -0.1) is 0 Å². The first-order chi connectivity index (χ1) is 5.77. The lowest BCUT2D eigenvalue weighted by molar-refractivity contribution is 0.328. The molecule has 0 saturated heterocycles. The monoisotopic (exact) mass is 160 g/mol. The summed E-state index contributed by atoms with van der Waals surface area (Å²) < 4.78 is 0. The van der Waals surface area contributed by atoms with Crippen LogP contribution in [0.3, 0.4) is 0 Å². The second kappa shape index (κ2) is 2.04. The third-order valence-electron chi connectivity index (χ3n) is 4.38. The molecule has 0 nitrogen and oxygen atoms in total. The predicted molar refractivity (Wildman–Crippen MR) is 50.7 cm³/mol. The molecule has 0 spiro atoms. The van der Waals surface area contributed by atoms with E-state index in [2.05, 4.69) is 13.2 Å². The summed E-state index contributed by atoms with van der Waals surface area (Å²) in [5.41, 5.74) is 3.07. The van der Waals surface area contributed by atoms with Gasteiger partial charge in [-0.05, 0) is 49.4 Å². The lowest BCUT2D eigenvalue weighted by Gasteiger charge is -2.26. The highest BCUT2D eigenvalue weighted by atomic mass is 14.6. The van der Waals surface area contributed by atoms with Crippen molar-refractivity contribution in [3.05, 3.63) is 24.3 Å². The van der Waals surface area contributed by atoms with Gasteiger partial charge in [-0.1, -0.05) is 24.3 Å². The van der Waals surface area contributed by atoms with E-state index in [4.69, 9.17) is 0 Å². The summed E-state index contributed by atoms with van der Waals surface area (Å²) in [5, 5.41) is 0. The van der Waals surface area contributed by atoms with Crippen LogP contribution in [0, 0.1) is 23.7 Å². The molecule has 2 bridgehead atoms. The molecule has 3 aliphatic rings. The molecule has 0 aromatic rings. The zero-order valence-electron chi connectivity index (χ0n) is 7.55. The van der Waals surface area contributed by atoms with E-state index in [9.17, 15) is 0 Å². The standard InChI is InChI=1S/C12H16/c1-7-3-4-10-9-5-8(2)11(6-9)12(7)10/h9-12H,1-6H2. The molecule has 0 aromatic heterocycles. The molecule has 3 saturated carbocycles. The van der Waals surface area contributed by atoms with E-state index in [0.717, 1.165) is 23.7 Å². The Morgan fingerprint density at radius 1 is 1.17 bits per heavy atom. The van der Waals surface area contributed by atoms with Gasteiger partial charge in [0.25, 0.3) is 0 Å². The van der Waals surface area contributed by atoms with Gasteiger partial charge in [-0.2, -0.15) is 0 Å². The Morgan fingerprint density at radius 3 is 2.83 bits per heavy atom. The van der Waals surface area contributed by atoms with Gasteiger partial charge >= 0.3 is 0 Å². The Kier molecular flexibility index (Phi) is 1.18. The maximum atomic E-state index is 4.21. The first kappa shape index (κ1) is 6.94. The van der Waals surface area contributed by atoms with Crippen molar-refractivity contribution in [1.29, 1.82) is 0 Å². The van der Waals surface area contributed by atoms with E-state index < -0.39 is 0 Å². The minimum atomic E-state index is 0.843. The fraction of sp³-hybridized carbons (Fsp3) is 0.667. The fourth-order valence-electron chi connectivity index (χ4n) is 3.90. The van der Waals surface area contributed by atoms with Crippen LogP contribution in [0.15, 0.2) is 24.3 Å². The summed E-state index contributed by atoms with van der Waals surface area (Å²) in [6, 6.07) is 0. The van der Waals surface area contributed by atoms with Gasteiger partial charge in [0.2, 0.25) is 0 Å². The molecule has 3 fully saturated rings. The maximum absolute atomic E-state index is 4.21. The van der Waals surface area contributed by atoms with Crippen LogP contribution in [-0.2, 0) is 0 Å². The summed E-state index contributed by atoms with van der Waals surface area (Å²) in [6.45, 7) is 8.40. The number of hydrogen-bond acceptors (Lipinski definition) is 0. The number of hydrogen-bond donors (Lipinski definition) is 0. The van der Waals surface area contributed by atoms with Crippen molar-refractivity contribution in [1.82, 2.24) is 0 Å². The third-order valence-corrected chi connectivity index (χ3v) is 4.38. The highest BCUT2D eigenvalue weighted by Gasteiger charge is 2.52. The average Bonchev–Trinajstić information content (AvgIpc) is 2.62. The van der Waals surface area contributed by atoms with Crippen LogP contribution in [-0.4, -0.2) is 0 Å². The van der Waals surface area contributed by atoms with Crippen LogP contribution in [0.5, 0.6) is 0 Å². The van der Waals surface area contributed by atoms with Crippen LogP contribution >= 0.6 is 0 Å². The Bertz CT molecular complexity index is 261. The SMILES string of the molecule is C=C1CC2CC1C1C(=C)CCC21. The minimum absolute atomic E-state index is 0.843. The second-order valence-electron chi connectivity index (χ2n) is 4.85. The zero-order valence-corrected chi connectivity index (χ0v) is 7.55. The van der Waals surface area contributed by atoms with Crippen molar-refractivity contribution >= 4 is 0 Å². The highest BCUT2D eigenvalue weighted by Crippen LogP contribution is 2.61. The lowest BCUT2D eigenvalue weighted by Crippen LogP contribution is -2.18. The largest absolute Gasteiger partial charge is 0.0995 e. The molecule has 0 amide bonds. The first-order valence-corrected chi connectivity index (χ1v) is 5.12. The Balaban J connectivity index is 2.00. The summed E-state index contributed by atoms with van der Waals surface area (Å²) in [5.74, 6) is 3.70. The van der Waals surface area contributed by atoms with Crippen LogP contribution in [0.4, 0.5) is 0 Å². The summed E-state index contributed by atoms with van der Waals surface area (Å²) in [4.78, 5) is 0. The second-order valence-corrected chi connectivity index (χ2v) is 4.85. The topological polar surface area (TPSA) is 0 Å². The fourth-order valence-corrected chi connectivity index (χ4v) is 3.90. The molecule has 0 heterocycles. The normalized spacial score (nSPS) is 50.3. The molecule has 3 rings (SSSR count).